The van der Waals surface area contributed by atoms with E-state index in [4.69, 9.17) is 17.0 Å². The molecular weight excluding hydrogens is 334 g/mol. The number of carbonyl (C=O) groups is 1. The van der Waals surface area contributed by atoms with Crippen molar-refractivity contribution in [3.8, 4) is 5.75 Å². The highest BCUT2D eigenvalue weighted by molar-refractivity contribution is 7.80. The summed E-state index contributed by atoms with van der Waals surface area (Å²) in [5, 5.41) is 4.12. The van der Waals surface area contributed by atoms with E-state index in [1.54, 1.807) is 14.0 Å². The number of ether oxygens (including phenoxy) is 1. The van der Waals surface area contributed by atoms with Gasteiger partial charge in [0.15, 0.2) is 5.11 Å². The molecule has 0 aliphatic carbocycles. The van der Waals surface area contributed by atoms with Crippen molar-refractivity contribution < 1.29 is 9.53 Å². The van der Waals surface area contributed by atoms with Crippen molar-refractivity contribution in [2.75, 3.05) is 32.1 Å². The Kier molecular flexibility index (Phi) is 7.50. The minimum absolute atomic E-state index is 0.164. The van der Waals surface area contributed by atoms with Crippen LogP contribution in [-0.4, -0.2) is 53.6 Å². The largest absolute Gasteiger partial charge is 0.497 e. The molecule has 0 saturated carbocycles. The molecule has 138 valence electrons. The minimum Gasteiger partial charge on any atom is -0.497 e. The molecule has 1 amide bonds. The molecule has 5 nitrogen and oxygen atoms in total. The van der Waals surface area contributed by atoms with E-state index in [9.17, 15) is 4.79 Å². The number of anilines is 1. The number of carbonyl (C=O) groups excluding carboxylic acids is 1. The molecular formula is C19H29N3O2S. The van der Waals surface area contributed by atoms with Crippen LogP contribution in [0.2, 0.25) is 0 Å². The average molecular weight is 364 g/mol. The van der Waals surface area contributed by atoms with Gasteiger partial charge in [-0.1, -0.05) is 13.3 Å². The molecule has 1 fully saturated rings. The van der Waals surface area contributed by atoms with Crippen LogP contribution in [0.1, 0.15) is 39.5 Å². The first-order valence-corrected chi connectivity index (χ1v) is 9.43. The molecule has 1 heterocycles. The van der Waals surface area contributed by atoms with Crippen molar-refractivity contribution >= 4 is 28.9 Å². The summed E-state index contributed by atoms with van der Waals surface area (Å²) in [4.78, 5) is 15.8. The number of nitrogens with zero attached hydrogens (tertiary/aromatic N) is 2. The highest BCUT2D eigenvalue weighted by Gasteiger charge is 2.26. The van der Waals surface area contributed by atoms with Crippen LogP contribution in [0.15, 0.2) is 24.3 Å². The number of thiocarbonyl (C=S) groups is 1. The Hall–Kier alpha value is -1.82. The second-order valence-corrected chi connectivity index (χ2v) is 6.83. The number of hydrogen-bond acceptors (Lipinski definition) is 3. The van der Waals surface area contributed by atoms with E-state index in [2.05, 4.69) is 17.1 Å². The highest BCUT2D eigenvalue weighted by atomic mass is 32.1. The highest BCUT2D eigenvalue weighted by Crippen LogP contribution is 2.20. The summed E-state index contributed by atoms with van der Waals surface area (Å²) in [5.74, 6) is 0.994. The zero-order valence-corrected chi connectivity index (χ0v) is 16.3. The molecule has 0 bridgehead atoms. The van der Waals surface area contributed by atoms with Crippen molar-refractivity contribution in [2.24, 2.45) is 0 Å². The molecule has 0 aromatic heterocycles. The number of unbranched alkanes of at least 4 members (excludes halogenated alkanes) is 1. The van der Waals surface area contributed by atoms with Crippen LogP contribution in [0.5, 0.6) is 5.75 Å². The third-order valence-corrected chi connectivity index (χ3v) is 5.04. The number of hydrogen-bond donors (Lipinski definition) is 1. The van der Waals surface area contributed by atoms with E-state index in [-0.39, 0.29) is 5.91 Å². The Morgan fingerprint density at radius 1 is 1.32 bits per heavy atom. The molecule has 2 rings (SSSR count). The van der Waals surface area contributed by atoms with Crippen molar-refractivity contribution in [3.63, 3.8) is 0 Å². The molecule has 1 aromatic rings. The number of amides is 1. The van der Waals surface area contributed by atoms with E-state index in [0.29, 0.717) is 6.04 Å². The first kappa shape index (κ1) is 19.5. The van der Waals surface area contributed by atoms with Crippen LogP contribution in [0.3, 0.4) is 0 Å². The Bertz CT molecular complexity index is 569. The number of benzene rings is 1. The topological polar surface area (TPSA) is 44.8 Å². The van der Waals surface area contributed by atoms with Crippen LogP contribution in [0.25, 0.3) is 0 Å². The molecule has 25 heavy (non-hydrogen) atoms. The monoisotopic (exact) mass is 363 g/mol. The number of nitrogens with one attached hydrogen (secondary N) is 1. The summed E-state index contributed by atoms with van der Waals surface area (Å²) >= 11 is 5.70. The fourth-order valence-electron chi connectivity index (χ4n) is 3.14. The van der Waals surface area contributed by atoms with E-state index < -0.39 is 0 Å². The molecule has 1 saturated heterocycles. The maximum Gasteiger partial charge on any atom is 0.219 e. The van der Waals surface area contributed by atoms with Crippen molar-refractivity contribution in [1.29, 1.82) is 0 Å². The quantitative estimate of drug-likeness (QED) is 0.784. The Labute approximate surface area is 156 Å². The van der Waals surface area contributed by atoms with E-state index in [0.717, 1.165) is 61.9 Å². The van der Waals surface area contributed by atoms with Gasteiger partial charge in [-0.2, -0.15) is 0 Å². The molecule has 0 spiro atoms. The van der Waals surface area contributed by atoms with Gasteiger partial charge in [0.1, 0.15) is 5.75 Å². The second kappa shape index (κ2) is 9.61. The average Bonchev–Trinajstić information content (AvgIpc) is 2.63. The Balaban J connectivity index is 2.00. The van der Waals surface area contributed by atoms with E-state index in [1.165, 1.54) is 0 Å². The fourth-order valence-corrected chi connectivity index (χ4v) is 3.50. The fraction of sp³-hybridized carbons (Fsp3) is 0.579. The number of rotatable bonds is 6. The summed E-state index contributed by atoms with van der Waals surface area (Å²) in [7, 11) is 1.66. The lowest BCUT2D eigenvalue weighted by molar-refractivity contribution is -0.130. The smallest absolute Gasteiger partial charge is 0.219 e. The zero-order chi connectivity index (χ0) is 18.2. The molecule has 0 radical (unpaired) electrons. The van der Waals surface area contributed by atoms with Gasteiger partial charge in [0.25, 0.3) is 0 Å². The van der Waals surface area contributed by atoms with Crippen LogP contribution >= 0.6 is 12.2 Å². The predicted octanol–water partition coefficient (Wildman–Crippen LogP) is 3.51. The molecule has 1 N–H and O–H groups in total. The molecule has 0 unspecified atom stereocenters. The van der Waals surface area contributed by atoms with Gasteiger partial charge >= 0.3 is 0 Å². The van der Waals surface area contributed by atoms with Crippen LogP contribution in [-0.2, 0) is 4.79 Å². The Morgan fingerprint density at radius 2 is 1.96 bits per heavy atom. The second-order valence-electron chi connectivity index (χ2n) is 6.44. The summed E-state index contributed by atoms with van der Waals surface area (Å²) in [6.45, 7) is 6.41. The van der Waals surface area contributed by atoms with Crippen LogP contribution in [0.4, 0.5) is 5.69 Å². The lowest BCUT2D eigenvalue weighted by atomic mass is 10.0. The van der Waals surface area contributed by atoms with Gasteiger partial charge in [0.2, 0.25) is 5.91 Å². The molecule has 1 aliphatic heterocycles. The SMILES string of the molecule is CCCCN(C(=S)Nc1ccc(OC)cc1)C1CCN(C(C)=O)CC1. The van der Waals surface area contributed by atoms with Gasteiger partial charge in [-0.25, -0.2) is 0 Å². The maximum atomic E-state index is 11.5. The minimum atomic E-state index is 0.164. The molecule has 0 atom stereocenters. The number of piperidine rings is 1. The van der Waals surface area contributed by atoms with Crippen molar-refractivity contribution in [1.82, 2.24) is 9.80 Å². The van der Waals surface area contributed by atoms with Gasteiger partial charge in [0, 0.05) is 38.3 Å². The normalized spacial score (nSPS) is 14.9. The van der Waals surface area contributed by atoms with Crippen molar-refractivity contribution in [3.05, 3.63) is 24.3 Å². The van der Waals surface area contributed by atoms with E-state index >= 15 is 0 Å². The van der Waals surface area contributed by atoms with Crippen LogP contribution < -0.4 is 10.1 Å². The first-order chi connectivity index (χ1) is 12.0. The summed E-state index contributed by atoms with van der Waals surface area (Å²) < 4.78 is 5.20. The lowest BCUT2D eigenvalue weighted by Crippen LogP contribution is -2.49. The molecule has 1 aromatic carbocycles. The molecule has 1 aliphatic rings. The summed E-state index contributed by atoms with van der Waals surface area (Å²) in [6, 6.07) is 8.18. The Morgan fingerprint density at radius 3 is 2.48 bits per heavy atom. The zero-order valence-electron chi connectivity index (χ0n) is 15.5. The van der Waals surface area contributed by atoms with Gasteiger partial charge < -0.3 is 19.9 Å². The molecule has 6 heteroatoms. The van der Waals surface area contributed by atoms with E-state index in [1.807, 2.05) is 29.2 Å². The van der Waals surface area contributed by atoms with Gasteiger partial charge in [-0.3, -0.25) is 4.79 Å². The van der Waals surface area contributed by atoms with Crippen LogP contribution in [0, 0.1) is 0 Å². The lowest BCUT2D eigenvalue weighted by Gasteiger charge is -2.39. The van der Waals surface area contributed by atoms with Gasteiger partial charge in [-0.15, -0.1) is 0 Å². The number of methoxy groups -OCH3 is 1. The van der Waals surface area contributed by atoms with Gasteiger partial charge in [0.05, 0.1) is 7.11 Å². The van der Waals surface area contributed by atoms with Gasteiger partial charge in [-0.05, 0) is 55.7 Å². The summed E-state index contributed by atoms with van der Waals surface area (Å²) in [6.07, 6.45) is 4.17. The number of likely N-dealkylation sites (tertiary alicyclic amines) is 1. The summed E-state index contributed by atoms with van der Waals surface area (Å²) in [5.41, 5.74) is 0.966. The maximum absolute atomic E-state index is 11.5. The third kappa shape index (κ3) is 5.59. The third-order valence-electron chi connectivity index (χ3n) is 4.71. The first-order valence-electron chi connectivity index (χ1n) is 9.02. The standard InChI is InChI=1S/C19H29N3O2S/c1-4-5-12-22(17-10-13-21(14-11-17)15(2)23)19(25)20-16-6-8-18(24-3)9-7-16/h6-9,17H,4-5,10-14H2,1-3H3,(H,20,25). The van der Waals surface area contributed by atoms with Crippen molar-refractivity contribution in [2.45, 2.75) is 45.6 Å². The predicted molar refractivity (Wildman–Crippen MR) is 106 cm³/mol.